The van der Waals surface area contributed by atoms with E-state index in [-0.39, 0.29) is 42.8 Å². The standard InChI is InChI=1S/C28H44O8Si/c1-20(11-8-9-14-29)26-23(35-28(2,3)36-26)13-10-12-21-17-22(33-15-16-37(5,6)7)18-24(34-19-32-4)25(21)27(30)31/h8,10-12,17-18,20,23,26,29H,9,13-16,19H2,1-7H3,(H,30,31)/b11-8-,12-10+/t20?,23-,26+/m0/s1. The van der Waals surface area contributed by atoms with Crippen LogP contribution in [-0.2, 0) is 14.2 Å². The zero-order chi connectivity index (χ0) is 27.6. The fourth-order valence-corrected chi connectivity index (χ4v) is 4.80. The number of hydrogen-bond donors (Lipinski definition) is 2. The van der Waals surface area contributed by atoms with Gasteiger partial charge in [0.2, 0.25) is 0 Å². The largest absolute Gasteiger partial charge is 0.494 e. The summed E-state index contributed by atoms with van der Waals surface area (Å²) in [4.78, 5) is 12.2. The van der Waals surface area contributed by atoms with Crippen molar-refractivity contribution in [3.63, 3.8) is 0 Å². The summed E-state index contributed by atoms with van der Waals surface area (Å²) in [5, 5.41) is 19.0. The van der Waals surface area contributed by atoms with Crippen molar-refractivity contribution >= 4 is 20.1 Å². The van der Waals surface area contributed by atoms with Crippen LogP contribution in [0.3, 0.4) is 0 Å². The summed E-state index contributed by atoms with van der Waals surface area (Å²) in [5.41, 5.74) is 0.529. The molecule has 37 heavy (non-hydrogen) atoms. The van der Waals surface area contributed by atoms with Crippen molar-refractivity contribution < 1.29 is 38.7 Å². The highest BCUT2D eigenvalue weighted by atomic mass is 28.3. The molecule has 2 rings (SSSR count). The van der Waals surface area contributed by atoms with Crippen molar-refractivity contribution in [1.29, 1.82) is 0 Å². The lowest BCUT2D eigenvalue weighted by atomic mass is 9.96. The van der Waals surface area contributed by atoms with Crippen LogP contribution in [0.15, 0.2) is 30.4 Å². The molecule has 0 amide bonds. The van der Waals surface area contributed by atoms with E-state index in [9.17, 15) is 9.90 Å². The Hall–Kier alpha value is -2.17. The lowest BCUT2D eigenvalue weighted by molar-refractivity contribution is -0.148. The summed E-state index contributed by atoms with van der Waals surface area (Å²) >= 11 is 0. The van der Waals surface area contributed by atoms with Crippen LogP contribution in [0.1, 0.15) is 49.5 Å². The van der Waals surface area contributed by atoms with Crippen molar-refractivity contribution in [3.8, 4) is 11.5 Å². The summed E-state index contributed by atoms with van der Waals surface area (Å²) in [6, 6.07) is 4.32. The number of methoxy groups -OCH3 is 1. The maximum Gasteiger partial charge on any atom is 0.340 e. The smallest absolute Gasteiger partial charge is 0.340 e. The second-order valence-electron chi connectivity index (χ2n) is 11.0. The third-order valence-electron chi connectivity index (χ3n) is 5.91. The first-order valence-electron chi connectivity index (χ1n) is 12.8. The number of aromatic carboxylic acids is 1. The van der Waals surface area contributed by atoms with E-state index in [1.54, 1.807) is 18.2 Å². The van der Waals surface area contributed by atoms with Crippen molar-refractivity contribution in [2.75, 3.05) is 27.1 Å². The predicted octanol–water partition coefficient (Wildman–Crippen LogP) is 5.58. The van der Waals surface area contributed by atoms with E-state index in [0.717, 1.165) is 6.04 Å². The Morgan fingerprint density at radius 2 is 1.92 bits per heavy atom. The molecule has 1 saturated heterocycles. The molecule has 1 fully saturated rings. The highest BCUT2D eigenvalue weighted by Gasteiger charge is 2.42. The molecule has 0 aromatic heterocycles. The zero-order valence-electron chi connectivity index (χ0n) is 23.3. The number of carboxylic acids is 1. The number of aliphatic hydroxyl groups excluding tert-OH is 1. The average molecular weight is 537 g/mol. The summed E-state index contributed by atoms with van der Waals surface area (Å²) in [7, 11) is 0.193. The predicted molar refractivity (Wildman–Crippen MR) is 147 cm³/mol. The van der Waals surface area contributed by atoms with Gasteiger partial charge in [-0.15, -0.1) is 0 Å². The zero-order valence-corrected chi connectivity index (χ0v) is 24.3. The Labute approximate surface area is 222 Å². The molecule has 0 bridgehead atoms. The Bertz CT molecular complexity index is 935. The van der Waals surface area contributed by atoms with Crippen molar-refractivity contribution in [2.24, 2.45) is 5.92 Å². The lowest BCUT2D eigenvalue weighted by Crippen LogP contribution is -2.28. The van der Waals surface area contributed by atoms with Gasteiger partial charge < -0.3 is 33.9 Å². The summed E-state index contributed by atoms with van der Waals surface area (Å²) in [5.74, 6) is -0.989. The number of carbonyl (C=O) groups is 1. The molecular weight excluding hydrogens is 492 g/mol. The van der Waals surface area contributed by atoms with Gasteiger partial charge in [-0.05, 0) is 44.4 Å². The van der Waals surface area contributed by atoms with Gasteiger partial charge in [-0.3, -0.25) is 0 Å². The third-order valence-corrected chi connectivity index (χ3v) is 7.62. The molecule has 0 spiro atoms. The second-order valence-corrected chi connectivity index (χ2v) is 16.6. The first kappa shape index (κ1) is 31.0. The molecule has 1 aliphatic rings. The molecule has 1 aliphatic heterocycles. The molecule has 1 heterocycles. The van der Waals surface area contributed by atoms with Crippen molar-refractivity contribution in [2.45, 2.75) is 77.3 Å². The van der Waals surface area contributed by atoms with Crippen LogP contribution < -0.4 is 9.47 Å². The lowest BCUT2D eigenvalue weighted by Gasteiger charge is -2.20. The first-order valence-corrected chi connectivity index (χ1v) is 16.5. The van der Waals surface area contributed by atoms with Gasteiger partial charge >= 0.3 is 5.97 Å². The Morgan fingerprint density at radius 3 is 2.54 bits per heavy atom. The van der Waals surface area contributed by atoms with Crippen LogP contribution in [0.2, 0.25) is 25.7 Å². The highest BCUT2D eigenvalue weighted by Crippen LogP contribution is 2.35. The van der Waals surface area contributed by atoms with Gasteiger partial charge in [0.25, 0.3) is 0 Å². The monoisotopic (exact) mass is 536 g/mol. The quantitative estimate of drug-likeness (QED) is 0.170. The van der Waals surface area contributed by atoms with Gasteiger partial charge in [0.1, 0.15) is 17.1 Å². The van der Waals surface area contributed by atoms with E-state index in [0.29, 0.717) is 30.8 Å². The van der Waals surface area contributed by atoms with Crippen LogP contribution in [0.4, 0.5) is 0 Å². The molecule has 2 N–H and O–H groups in total. The fourth-order valence-electron chi connectivity index (χ4n) is 4.08. The van der Waals surface area contributed by atoms with Gasteiger partial charge in [-0.1, -0.05) is 50.9 Å². The molecule has 3 atom stereocenters. The van der Waals surface area contributed by atoms with Gasteiger partial charge in [0, 0.05) is 33.8 Å². The van der Waals surface area contributed by atoms with E-state index in [2.05, 4.69) is 26.6 Å². The normalized spacial score (nSPS) is 20.5. The fraction of sp³-hybridized carbons (Fsp3) is 0.607. The SMILES string of the molecule is COCOc1cc(OCC[Si](C)(C)C)cc(/C=C/C[C@@H]2OC(C)(C)O[C@@H]2C(C)/C=C\CCO)c1C(=O)O. The third kappa shape index (κ3) is 10.2. The molecule has 0 saturated carbocycles. The molecule has 0 aliphatic carbocycles. The topological polar surface area (TPSA) is 104 Å². The summed E-state index contributed by atoms with van der Waals surface area (Å²) in [6.07, 6.45) is 8.38. The Kier molecular flexibility index (Phi) is 11.8. The molecule has 8 nitrogen and oxygen atoms in total. The number of benzene rings is 1. The Morgan fingerprint density at radius 1 is 1.19 bits per heavy atom. The van der Waals surface area contributed by atoms with E-state index < -0.39 is 19.8 Å². The van der Waals surface area contributed by atoms with Crippen LogP contribution in [0.5, 0.6) is 11.5 Å². The first-order chi connectivity index (χ1) is 17.4. The van der Waals surface area contributed by atoms with Crippen LogP contribution in [0.25, 0.3) is 6.08 Å². The minimum atomic E-state index is -1.29. The van der Waals surface area contributed by atoms with Crippen molar-refractivity contribution in [3.05, 3.63) is 41.5 Å². The van der Waals surface area contributed by atoms with Gasteiger partial charge in [0.15, 0.2) is 12.6 Å². The molecule has 0 radical (unpaired) electrons. The van der Waals surface area contributed by atoms with E-state index in [4.69, 9.17) is 28.8 Å². The average Bonchev–Trinajstić information content (AvgIpc) is 3.11. The van der Waals surface area contributed by atoms with E-state index in [1.807, 2.05) is 32.1 Å². The van der Waals surface area contributed by atoms with Crippen LogP contribution >= 0.6 is 0 Å². The molecule has 1 aromatic rings. The van der Waals surface area contributed by atoms with Gasteiger partial charge in [-0.2, -0.15) is 0 Å². The number of ether oxygens (including phenoxy) is 5. The molecule has 1 unspecified atom stereocenters. The number of rotatable bonds is 15. The van der Waals surface area contributed by atoms with Gasteiger partial charge in [-0.25, -0.2) is 4.79 Å². The summed E-state index contributed by atoms with van der Waals surface area (Å²) < 4.78 is 28.9. The maximum absolute atomic E-state index is 12.2. The number of aliphatic hydroxyl groups is 1. The number of hydrogen-bond acceptors (Lipinski definition) is 7. The maximum atomic E-state index is 12.2. The molecule has 9 heteroatoms. The van der Waals surface area contributed by atoms with Crippen LogP contribution in [0, 0.1) is 5.92 Å². The molecule has 1 aromatic carbocycles. The highest BCUT2D eigenvalue weighted by molar-refractivity contribution is 6.76. The Balaban J connectivity index is 2.29. The van der Waals surface area contributed by atoms with Crippen molar-refractivity contribution in [1.82, 2.24) is 0 Å². The molecular formula is C28H44O8Si. The van der Waals surface area contributed by atoms with Gasteiger partial charge in [0.05, 0.1) is 18.8 Å². The van der Waals surface area contributed by atoms with E-state index in [1.165, 1.54) is 7.11 Å². The van der Waals surface area contributed by atoms with Crippen LogP contribution in [-0.4, -0.2) is 69.4 Å². The minimum absolute atomic E-state index is 0.0478. The molecule has 208 valence electrons. The number of carboxylic acid groups (broad SMARTS) is 1. The second kappa shape index (κ2) is 14.1. The van der Waals surface area contributed by atoms with E-state index >= 15 is 0 Å². The minimum Gasteiger partial charge on any atom is -0.494 e. The summed E-state index contributed by atoms with van der Waals surface area (Å²) in [6.45, 7) is 13.2.